The molecule has 0 unspecified atom stereocenters. The number of anilines is 1. The van der Waals surface area contributed by atoms with Crippen LogP contribution < -0.4 is 10.6 Å². The van der Waals surface area contributed by atoms with Gasteiger partial charge in [-0.05, 0) is 37.5 Å². The van der Waals surface area contributed by atoms with Gasteiger partial charge in [-0.15, -0.1) is 10.2 Å². The Morgan fingerprint density at radius 1 is 1.07 bits per heavy atom. The summed E-state index contributed by atoms with van der Waals surface area (Å²) in [6.07, 6.45) is 3.29. The van der Waals surface area contributed by atoms with Crippen molar-refractivity contribution in [3.05, 3.63) is 77.4 Å². The van der Waals surface area contributed by atoms with Crippen LogP contribution in [0.15, 0.2) is 54.6 Å². The fourth-order valence-corrected chi connectivity index (χ4v) is 3.55. The number of aromatic nitrogens is 3. The molecule has 2 aromatic carbocycles. The number of hydrogen-bond donors (Lipinski definition) is 2. The van der Waals surface area contributed by atoms with Crippen LogP contribution in [-0.4, -0.2) is 20.7 Å². The first kappa shape index (κ1) is 18.4. The maximum absolute atomic E-state index is 13.0. The molecule has 0 fully saturated rings. The molecule has 0 saturated carbocycles. The molecule has 0 bridgehead atoms. The number of amides is 1. The predicted molar refractivity (Wildman–Crippen MR) is 109 cm³/mol. The van der Waals surface area contributed by atoms with E-state index in [2.05, 4.69) is 25.4 Å². The number of benzene rings is 2. The van der Waals surface area contributed by atoms with Gasteiger partial charge in [0.25, 0.3) is 0 Å². The molecule has 2 heterocycles. The van der Waals surface area contributed by atoms with E-state index in [-0.39, 0.29) is 5.91 Å². The highest BCUT2D eigenvalue weighted by Crippen LogP contribution is 2.19. The van der Waals surface area contributed by atoms with E-state index in [9.17, 15) is 4.79 Å². The summed E-state index contributed by atoms with van der Waals surface area (Å²) < 4.78 is 2.18. The zero-order chi connectivity index (χ0) is 19.3. The summed E-state index contributed by atoms with van der Waals surface area (Å²) in [6, 6.07) is 17.1. The molecule has 144 valence electrons. The Morgan fingerprint density at radius 3 is 2.64 bits per heavy atom. The van der Waals surface area contributed by atoms with Gasteiger partial charge in [0.15, 0.2) is 0 Å². The van der Waals surface area contributed by atoms with E-state index in [1.807, 2.05) is 61.5 Å². The van der Waals surface area contributed by atoms with Crippen LogP contribution in [0.2, 0.25) is 0 Å². The molecule has 2 N–H and O–H groups in total. The number of nitrogens with one attached hydrogen (secondary N) is 2. The number of nitrogens with zero attached hydrogens (tertiary/aromatic N) is 3. The van der Waals surface area contributed by atoms with Crippen molar-refractivity contribution in [1.29, 1.82) is 0 Å². The number of carbonyl (C=O) groups is 1. The Labute approximate surface area is 165 Å². The lowest BCUT2D eigenvalue weighted by atomic mass is 10.1. The van der Waals surface area contributed by atoms with Crippen LogP contribution in [0, 0.1) is 6.92 Å². The van der Waals surface area contributed by atoms with Gasteiger partial charge in [0.2, 0.25) is 5.91 Å². The second-order valence-electron chi connectivity index (χ2n) is 7.22. The molecule has 4 rings (SSSR count). The average Bonchev–Trinajstić information content (AvgIpc) is 3.14. The largest absolute Gasteiger partial charge is 0.324 e. The average molecular weight is 375 g/mol. The zero-order valence-corrected chi connectivity index (χ0v) is 16.1. The number of aryl methyl sites for hydroxylation is 2. The topological polar surface area (TPSA) is 71.8 Å². The highest BCUT2D eigenvalue weighted by Gasteiger charge is 2.22. The smallest absolute Gasteiger partial charge is 0.246 e. The first-order valence-electron chi connectivity index (χ1n) is 9.77. The molecule has 28 heavy (non-hydrogen) atoms. The van der Waals surface area contributed by atoms with E-state index in [1.165, 1.54) is 0 Å². The van der Waals surface area contributed by atoms with Crippen LogP contribution in [0.5, 0.6) is 0 Å². The summed E-state index contributed by atoms with van der Waals surface area (Å²) in [5.74, 6) is 1.84. The van der Waals surface area contributed by atoms with Crippen LogP contribution in [0.25, 0.3) is 0 Å². The van der Waals surface area contributed by atoms with Gasteiger partial charge in [0.05, 0.1) is 6.54 Å². The summed E-state index contributed by atoms with van der Waals surface area (Å²) in [5, 5.41) is 15.0. The highest BCUT2D eigenvalue weighted by atomic mass is 16.2. The van der Waals surface area contributed by atoms with Crippen molar-refractivity contribution in [2.75, 3.05) is 5.32 Å². The summed E-state index contributed by atoms with van der Waals surface area (Å²) in [4.78, 5) is 13.0. The van der Waals surface area contributed by atoms with E-state index in [0.29, 0.717) is 6.54 Å². The van der Waals surface area contributed by atoms with Gasteiger partial charge < -0.3 is 9.88 Å². The van der Waals surface area contributed by atoms with E-state index >= 15 is 0 Å². The quantitative estimate of drug-likeness (QED) is 0.693. The van der Waals surface area contributed by atoms with E-state index < -0.39 is 6.04 Å². The molecule has 6 heteroatoms. The van der Waals surface area contributed by atoms with Gasteiger partial charge in [0, 0.05) is 18.7 Å². The Bertz CT molecular complexity index is 933. The van der Waals surface area contributed by atoms with Crippen molar-refractivity contribution in [2.24, 2.45) is 0 Å². The lowest BCUT2D eigenvalue weighted by molar-refractivity contribution is -0.118. The Kier molecular flexibility index (Phi) is 5.48. The standard InChI is InChI=1S/C22H25N5O/c1-16-10-12-18(13-11-16)24-22(28)21(17-7-3-2-4-8-17)23-15-20-26-25-19-9-5-6-14-27(19)20/h2-4,7-8,10-13,21,23H,5-6,9,14-15H2,1H3,(H,24,28)/t21-/m0/s1. The molecular weight excluding hydrogens is 350 g/mol. The lowest BCUT2D eigenvalue weighted by Crippen LogP contribution is -2.33. The van der Waals surface area contributed by atoms with Gasteiger partial charge in [-0.1, -0.05) is 48.0 Å². The van der Waals surface area contributed by atoms with Crippen molar-refractivity contribution in [3.63, 3.8) is 0 Å². The van der Waals surface area contributed by atoms with Crippen LogP contribution in [0.4, 0.5) is 5.69 Å². The summed E-state index contributed by atoms with van der Waals surface area (Å²) in [5.41, 5.74) is 2.87. The zero-order valence-electron chi connectivity index (χ0n) is 16.1. The monoisotopic (exact) mass is 375 g/mol. The minimum atomic E-state index is -0.473. The predicted octanol–water partition coefficient (Wildman–Crippen LogP) is 3.39. The third-order valence-electron chi connectivity index (χ3n) is 5.11. The lowest BCUT2D eigenvalue weighted by Gasteiger charge is -2.20. The SMILES string of the molecule is Cc1ccc(NC(=O)[C@@H](NCc2nnc3n2CCCC3)c2ccccc2)cc1. The van der Waals surface area contributed by atoms with Gasteiger partial charge in [-0.25, -0.2) is 0 Å². The van der Waals surface area contributed by atoms with Crippen molar-refractivity contribution in [1.82, 2.24) is 20.1 Å². The van der Waals surface area contributed by atoms with E-state index in [1.54, 1.807) is 0 Å². The summed E-state index contributed by atoms with van der Waals surface area (Å²) >= 11 is 0. The van der Waals surface area contributed by atoms with Crippen molar-refractivity contribution in [3.8, 4) is 0 Å². The number of carbonyl (C=O) groups excluding carboxylic acids is 1. The molecule has 0 spiro atoms. The third kappa shape index (κ3) is 4.12. The molecule has 3 aromatic rings. The molecule has 1 aromatic heterocycles. The van der Waals surface area contributed by atoms with E-state index in [4.69, 9.17) is 0 Å². The van der Waals surface area contributed by atoms with Crippen molar-refractivity contribution < 1.29 is 4.79 Å². The van der Waals surface area contributed by atoms with Crippen LogP contribution in [0.3, 0.4) is 0 Å². The molecule has 1 amide bonds. The summed E-state index contributed by atoms with van der Waals surface area (Å²) in [7, 11) is 0. The number of hydrogen-bond acceptors (Lipinski definition) is 4. The van der Waals surface area contributed by atoms with Gasteiger partial charge in [-0.2, -0.15) is 0 Å². The van der Waals surface area contributed by atoms with Crippen LogP contribution in [-0.2, 0) is 24.3 Å². The third-order valence-corrected chi connectivity index (χ3v) is 5.11. The molecule has 0 radical (unpaired) electrons. The van der Waals surface area contributed by atoms with Gasteiger partial charge in [-0.3, -0.25) is 10.1 Å². The molecule has 1 aliphatic heterocycles. The molecular formula is C22H25N5O. The molecule has 0 saturated heterocycles. The molecule has 0 aliphatic carbocycles. The van der Waals surface area contributed by atoms with Gasteiger partial charge >= 0.3 is 0 Å². The Balaban J connectivity index is 1.51. The van der Waals surface area contributed by atoms with Crippen molar-refractivity contribution in [2.45, 2.75) is 45.3 Å². The highest BCUT2D eigenvalue weighted by molar-refractivity contribution is 5.95. The van der Waals surface area contributed by atoms with Crippen LogP contribution in [0.1, 0.15) is 41.7 Å². The second kappa shape index (κ2) is 8.35. The van der Waals surface area contributed by atoms with E-state index in [0.717, 1.165) is 54.3 Å². The first-order chi connectivity index (χ1) is 13.7. The number of rotatable bonds is 6. The molecule has 1 aliphatic rings. The fourth-order valence-electron chi connectivity index (χ4n) is 3.55. The Morgan fingerprint density at radius 2 is 1.86 bits per heavy atom. The maximum Gasteiger partial charge on any atom is 0.246 e. The Hall–Kier alpha value is -2.99. The number of fused-ring (bicyclic) bond motifs is 1. The maximum atomic E-state index is 13.0. The minimum absolute atomic E-state index is 0.0894. The summed E-state index contributed by atoms with van der Waals surface area (Å²) in [6.45, 7) is 3.47. The fraction of sp³-hybridized carbons (Fsp3) is 0.318. The first-order valence-corrected chi connectivity index (χ1v) is 9.77. The molecule has 6 nitrogen and oxygen atoms in total. The normalized spacial score (nSPS) is 14.3. The van der Waals surface area contributed by atoms with Crippen LogP contribution >= 0.6 is 0 Å². The second-order valence-corrected chi connectivity index (χ2v) is 7.22. The van der Waals surface area contributed by atoms with Crippen molar-refractivity contribution >= 4 is 11.6 Å². The minimum Gasteiger partial charge on any atom is -0.324 e. The van der Waals surface area contributed by atoms with Gasteiger partial charge in [0.1, 0.15) is 17.7 Å². The molecule has 1 atom stereocenters.